The van der Waals surface area contributed by atoms with Crippen molar-refractivity contribution in [3.63, 3.8) is 0 Å². The van der Waals surface area contributed by atoms with Crippen molar-refractivity contribution >= 4 is 35.2 Å². The minimum absolute atomic E-state index is 0.0368. The van der Waals surface area contributed by atoms with Crippen LogP contribution in [0.3, 0.4) is 0 Å². The van der Waals surface area contributed by atoms with Crippen molar-refractivity contribution in [2.45, 2.75) is 28.9 Å². The molecule has 5 atom stereocenters. The Morgan fingerprint density at radius 3 is 2.50 bits per heavy atom. The highest BCUT2D eigenvalue weighted by Gasteiger charge is 2.74. The molecule has 0 radical (unpaired) electrons. The van der Waals surface area contributed by atoms with Crippen LogP contribution < -0.4 is 4.90 Å². The first kappa shape index (κ1) is 28.9. The van der Waals surface area contributed by atoms with Gasteiger partial charge in [0, 0.05) is 56.8 Å². The second-order valence-electron chi connectivity index (χ2n) is 10.9. The first-order valence-corrected chi connectivity index (χ1v) is 15.1. The van der Waals surface area contributed by atoms with Crippen LogP contribution in [0, 0.1) is 11.8 Å². The molecule has 4 aliphatic heterocycles. The number of anilines is 1. The van der Waals surface area contributed by atoms with Gasteiger partial charge in [0.1, 0.15) is 6.04 Å². The summed E-state index contributed by atoms with van der Waals surface area (Å²) in [4.78, 5) is 50.0. The van der Waals surface area contributed by atoms with E-state index in [1.807, 2.05) is 30.3 Å². The van der Waals surface area contributed by atoms with E-state index in [1.165, 1.54) is 0 Å². The molecule has 4 heterocycles. The van der Waals surface area contributed by atoms with Crippen LogP contribution in [0.5, 0.6) is 0 Å². The van der Waals surface area contributed by atoms with Crippen molar-refractivity contribution in [3.05, 3.63) is 55.6 Å². The highest BCUT2D eigenvalue weighted by molar-refractivity contribution is 8.02. The average Bonchev–Trinajstić information content (AvgIpc) is 3.62. The number of ether oxygens (including phenoxy) is 1. The highest BCUT2D eigenvalue weighted by Crippen LogP contribution is 2.66. The van der Waals surface area contributed by atoms with Crippen molar-refractivity contribution in [3.8, 4) is 0 Å². The highest BCUT2D eigenvalue weighted by atomic mass is 32.2. The number of hydrogen-bond acceptors (Lipinski definition) is 7. The van der Waals surface area contributed by atoms with Gasteiger partial charge in [-0.2, -0.15) is 0 Å². The number of para-hydroxylation sites is 1. The molecule has 1 aromatic carbocycles. The first-order chi connectivity index (χ1) is 19.5. The predicted octanol–water partition coefficient (Wildman–Crippen LogP) is 1.64. The number of aliphatic hydroxyl groups is 1. The first-order valence-electron chi connectivity index (χ1n) is 14.2. The molecule has 3 amide bonds. The number of likely N-dealkylation sites (tertiary alicyclic amines) is 1. The van der Waals surface area contributed by atoms with Gasteiger partial charge < -0.3 is 24.5 Å². The monoisotopic (exact) mass is 568 g/mol. The van der Waals surface area contributed by atoms with Crippen LogP contribution in [0.1, 0.15) is 12.8 Å². The van der Waals surface area contributed by atoms with Gasteiger partial charge in [0.15, 0.2) is 0 Å². The molecule has 2 unspecified atom stereocenters. The lowest BCUT2D eigenvalue weighted by atomic mass is 9.70. The van der Waals surface area contributed by atoms with E-state index in [9.17, 15) is 19.5 Å². The molecular weight excluding hydrogens is 528 g/mol. The smallest absolute Gasteiger partial charge is 0.247 e. The Morgan fingerprint density at radius 1 is 1.10 bits per heavy atom. The molecule has 4 saturated heterocycles. The summed E-state index contributed by atoms with van der Waals surface area (Å²) in [7, 11) is 0. The van der Waals surface area contributed by atoms with Gasteiger partial charge in [-0.1, -0.05) is 30.4 Å². The van der Waals surface area contributed by atoms with E-state index in [-0.39, 0.29) is 36.1 Å². The van der Waals surface area contributed by atoms with E-state index in [4.69, 9.17) is 4.74 Å². The van der Waals surface area contributed by atoms with Gasteiger partial charge in [0.05, 0.1) is 36.4 Å². The van der Waals surface area contributed by atoms with Crippen molar-refractivity contribution in [1.82, 2.24) is 14.7 Å². The third-order valence-corrected chi connectivity index (χ3v) is 10.7. The summed E-state index contributed by atoms with van der Waals surface area (Å²) >= 11 is 1.65. The molecule has 1 spiro atoms. The van der Waals surface area contributed by atoms with Crippen LogP contribution in [0.25, 0.3) is 0 Å². The molecule has 40 heavy (non-hydrogen) atoms. The zero-order valence-corrected chi connectivity index (χ0v) is 23.8. The minimum Gasteiger partial charge on any atom is -0.395 e. The number of hydrogen-bond donors (Lipinski definition) is 1. The zero-order valence-electron chi connectivity index (χ0n) is 23.0. The fourth-order valence-electron chi connectivity index (χ4n) is 7.01. The fourth-order valence-corrected chi connectivity index (χ4v) is 9.22. The number of β-amino-alcohol motifs (C(OH)–C–C–N with tert-alkyl or cyclic N) is 1. The topological polar surface area (TPSA) is 93.6 Å². The van der Waals surface area contributed by atoms with Crippen molar-refractivity contribution in [2.75, 3.05) is 70.5 Å². The Kier molecular flexibility index (Phi) is 8.99. The quantitative estimate of drug-likeness (QED) is 0.383. The molecule has 10 heteroatoms. The van der Waals surface area contributed by atoms with Crippen LogP contribution in [0.4, 0.5) is 5.69 Å². The number of aliphatic hydroxyl groups excluding tert-OH is 1. The van der Waals surface area contributed by atoms with Gasteiger partial charge in [0.2, 0.25) is 17.7 Å². The van der Waals surface area contributed by atoms with Crippen molar-refractivity contribution < 1.29 is 24.2 Å². The average molecular weight is 569 g/mol. The number of nitrogens with zero attached hydrogens (tertiary/aromatic N) is 4. The van der Waals surface area contributed by atoms with E-state index >= 15 is 0 Å². The number of carbonyl (C=O) groups is 3. The maximum Gasteiger partial charge on any atom is 0.247 e. The van der Waals surface area contributed by atoms with Crippen molar-refractivity contribution in [2.24, 2.45) is 11.8 Å². The van der Waals surface area contributed by atoms with E-state index in [0.717, 1.165) is 25.2 Å². The zero-order chi connectivity index (χ0) is 28.3. The maximum atomic E-state index is 14.3. The second-order valence-corrected chi connectivity index (χ2v) is 12.5. The molecule has 216 valence electrons. The summed E-state index contributed by atoms with van der Waals surface area (Å²) in [6, 6.07) is 8.73. The number of morpholine rings is 1. The molecule has 9 nitrogen and oxygen atoms in total. The molecule has 0 saturated carbocycles. The molecule has 0 aliphatic carbocycles. The van der Waals surface area contributed by atoms with E-state index in [0.29, 0.717) is 45.8 Å². The van der Waals surface area contributed by atoms with Gasteiger partial charge in [-0.25, -0.2) is 0 Å². The Morgan fingerprint density at radius 2 is 1.82 bits per heavy atom. The third kappa shape index (κ3) is 5.11. The SMILES string of the molecule is C=CCN(CCN1CCOCC1)C(=O)C1N(CCO)C(=O)[C@@H]2[C@@H](C(=O)N(CC=C)c3ccccc3)[C@H]3CCC12S3. The van der Waals surface area contributed by atoms with Gasteiger partial charge in [-0.15, -0.1) is 24.9 Å². The van der Waals surface area contributed by atoms with E-state index in [1.54, 1.807) is 38.6 Å². The Bertz CT molecular complexity index is 1110. The number of fused-ring (bicyclic) bond motifs is 1. The molecule has 5 rings (SSSR count). The summed E-state index contributed by atoms with van der Waals surface area (Å²) in [6.45, 7) is 12.5. The van der Waals surface area contributed by atoms with Gasteiger partial charge in [0.25, 0.3) is 0 Å². The van der Waals surface area contributed by atoms with Crippen LogP contribution >= 0.6 is 11.8 Å². The number of benzene rings is 1. The summed E-state index contributed by atoms with van der Waals surface area (Å²) in [6.07, 6.45) is 4.88. The van der Waals surface area contributed by atoms with Gasteiger partial charge in [-0.3, -0.25) is 19.3 Å². The Hall–Kier alpha value is -2.66. The van der Waals surface area contributed by atoms with Crippen LogP contribution in [-0.2, 0) is 19.1 Å². The summed E-state index contributed by atoms with van der Waals surface area (Å²) < 4.78 is 4.77. The van der Waals surface area contributed by atoms with Gasteiger partial charge in [-0.05, 0) is 25.0 Å². The lowest BCUT2D eigenvalue weighted by molar-refractivity contribution is -0.143. The summed E-state index contributed by atoms with van der Waals surface area (Å²) in [5.41, 5.74) is 0.764. The fraction of sp³-hybridized carbons (Fsp3) is 0.567. The summed E-state index contributed by atoms with van der Waals surface area (Å²) in [5.74, 6) is -1.56. The number of carbonyl (C=O) groups excluding carboxylic acids is 3. The third-order valence-electron chi connectivity index (χ3n) is 8.76. The lowest BCUT2D eigenvalue weighted by Gasteiger charge is -2.38. The number of thioether (sulfide) groups is 1. The standard InChI is InChI=1S/C30H40N4O5S/c1-3-12-32(15-14-31-17-20-39-21-18-31)29(38)26-30-11-10-23(40-30)24(25(30)28(37)34(26)16-19-35)27(36)33(13-4-2)22-8-6-5-7-9-22/h3-9,23-26,35H,1-2,10-21H2/t23-,24+,25+,26?,30?/m1/s1. The van der Waals surface area contributed by atoms with E-state index in [2.05, 4.69) is 18.1 Å². The largest absolute Gasteiger partial charge is 0.395 e. The van der Waals surface area contributed by atoms with Crippen LogP contribution in [0.15, 0.2) is 55.6 Å². The lowest BCUT2D eigenvalue weighted by Crippen LogP contribution is -2.56. The molecule has 0 aromatic heterocycles. The Labute approximate surface area is 240 Å². The van der Waals surface area contributed by atoms with Gasteiger partial charge >= 0.3 is 0 Å². The molecule has 4 aliphatic rings. The number of rotatable bonds is 12. The predicted molar refractivity (Wildman–Crippen MR) is 156 cm³/mol. The Balaban J connectivity index is 1.44. The normalized spacial score (nSPS) is 29.3. The number of amides is 3. The minimum atomic E-state index is -0.723. The van der Waals surface area contributed by atoms with E-state index < -0.39 is 22.6 Å². The van der Waals surface area contributed by atoms with Crippen LogP contribution in [-0.4, -0.2) is 119 Å². The molecule has 1 aromatic rings. The molecule has 1 N–H and O–H groups in total. The maximum absolute atomic E-state index is 14.3. The molecular formula is C30H40N4O5S. The molecule has 2 bridgehead atoms. The summed E-state index contributed by atoms with van der Waals surface area (Å²) in [5, 5.41) is 9.89. The second kappa shape index (κ2) is 12.5. The molecule has 4 fully saturated rings. The van der Waals surface area contributed by atoms with Crippen LogP contribution in [0.2, 0.25) is 0 Å². The van der Waals surface area contributed by atoms with Crippen molar-refractivity contribution in [1.29, 1.82) is 0 Å².